The van der Waals surface area contributed by atoms with Crippen LogP contribution in [0.5, 0.6) is 5.75 Å². The normalized spacial score (nSPS) is 16.4. The molecule has 2 rings (SSSR count). The molecule has 0 atom stereocenters. The summed E-state index contributed by atoms with van der Waals surface area (Å²) in [7, 11) is 0. The Morgan fingerprint density at radius 2 is 2.10 bits per heavy atom. The zero-order chi connectivity index (χ0) is 14.5. The first-order valence-electron chi connectivity index (χ1n) is 7.35. The second-order valence-electron chi connectivity index (χ2n) is 5.77. The van der Waals surface area contributed by atoms with Gasteiger partial charge in [-0.15, -0.1) is 0 Å². The molecule has 0 bridgehead atoms. The fourth-order valence-electron chi connectivity index (χ4n) is 2.60. The number of rotatable bonds is 5. The van der Waals surface area contributed by atoms with Crippen LogP contribution in [-0.2, 0) is 0 Å². The number of benzene rings is 1. The van der Waals surface area contributed by atoms with Crippen LogP contribution in [-0.4, -0.2) is 25.6 Å². The third-order valence-corrected chi connectivity index (χ3v) is 3.85. The lowest BCUT2D eigenvalue weighted by Gasteiger charge is -2.23. The Bertz CT molecular complexity index is 466. The Labute approximate surface area is 120 Å². The number of hydrogen-bond donors (Lipinski definition) is 2. The van der Waals surface area contributed by atoms with Crippen LogP contribution in [0.4, 0.5) is 0 Å². The molecule has 1 aliphatic rings. The fourth-order valence-corrected chi connectivity index (χ4v) is 2.60. The fraction of sp³-hybridized carbons (Fsp3) is 0.562. The van der Waals surface area contributed by atoms with Crippen molar-refractivity contribution < 1.29 is 9.53 Å². The third kappa shape index (κ3) is 3.73. The van der Waals surface area contributed by atoms with Gasteiger partial charge in [0.15, 0.2) is 0 Å². The maximum atomic E-state index is 11.4. The number of primary amides is 1. The van der Waals surface area contributed by atoms with Gasteiger partial charge in [-0.2, -0.15) is 0 Å². The standard InChI is InChI=1S/C16H24N2O2/c1-11(2)15-9-13(3-4-14(15)16(17)19)20-10-12-5-7-18-8-6-12/h3-4,9,11-12,18H,5-8,10H2,1-2H3,(H2,17,19). The van der Waals surface area contributed by atoms with E-state index in [9.17, 15) is 4.79 Å². The van der Waals surface area contributed by atoms with Crippen LogP contribution in [0.15, 0.2) is 18.2 Å². The summed E-state index contributed by atoms with van der Waals surface area (Å²) >= 11 is 0. The Kier molecular flexibility index (Phi) is 5.01. The highest BCUT2D eigenvalue weighted by Gasteiger charge is 2.15. The van der Waals surface area contributed by atoms with Crippen molar-refractivity contribution in [1.29, 1.82) is 0 Å². The summed E-state index contributed by atoms with van der Waals surface area (Å²) in [6, 6.07) is 5.56. The van der Waals surface area contributed by atoms with E-state index in [0.717, 1.165) is 43.9 Å². The topological polar surface area (TPSA) is 64.3 Å². The van der Waals surface area contributed by atoms with Crippen LogP contribution in [0.2, 0.25) is 0 Å². The van der Waals surface area contributed by atoms with Gasteiger partial charge in [0, 0.05) is 5.56 Å². The van der Waals surface area contributed by atoms with E-state index >= 15 is 0 Å². The van der Waals surface area contributed by atoms with E-state index in [1.165, 1.54) is 0 Å². The highest BCUT2D eigenvalue weighted by molar-refractivity contribution is 5.94. The van der Waals surface area contributed by atoms with E-state index in [-0.39, 0.29) is 11.8 Å². The SMILES string of the molecule is CC(C)c1cc(OCC2CCNCC2)ccc1C(N)=O. The van der Waals surface area contributed by atoms with Crippen molar-refractivity contribution in [2.24, 2.45) is 11.7 Å². The molecule has 0 unspecified atom stereocenters. The van der Waals surface area contributed by atoms with Gasteiger partial charge in [-0.05, 0) is 61.5 Å². The molecule has 3 N–H and O–H groups in total. The van der Waals surface area contributed by atoms with Crippen molar-refractivity contribution in [3.63, 3.8) is 0 Å². The molecule has 20 heavy (non-hydrogen) atoms. The van der Waals surface area contributed by atoms with E-state index in [1.54, 1.807) is 6.07 Å². The molecule has 0 spiro atoms. The van der Waals surface area contributed by atoms with Crippen molar-refractivity contribution in [2.45, 2.75) is 32.6 Å². The summed E-state index contributed by atoms with van der Waals surface area (Å²) in [5, 5.41) is 3.35. The Morgan fingerprint density at radius 1 is 1.40 bits per heavy atom. The van der Waals surface area contributed by atoms with Crippen molar-refractivity contribution in [1.82, 2.24) is 5.32 Å². The van der Waals surface area contributed by atoms with Gasteiger partial charge < -0.3 is 15.8 Å². The number of amides is 1. The van der Waals surface area contributed by atoms with Crippen LogP contribution in [0.3, 0.4) is 0 Å². The number of nitrogens with one attached hydrogen (secondary N) is 1. The summed E-state index contributed by atoms with van der Waals surface area (Å²) in [6.45, 7) is 7.00. The lowest BCUT2D eigenvalue weighted by Crippen LogP contribution is -2.30. The molecular formula is C16H24N2O2. The minimum atomic E-state index is -0.376. The molecule has 1 aromatic carbocycles. The highest BCUT2D eigenvalue weighted by atomic mass is 16.5. The lowest BCUT2D eigenvalue weighted by molar-refractivity contribution is 0.0999. The molecule has 0 aliphatic carbocycles. The van der Waals surface area contributed by atoms with Gasteiger partial charge in [-0.25, -0.2) is 0 Å². The number of carbonyl (C=O) groups excluding carboxylic acids is 1. The third-order valence-electron chi connectivity index (χ3n) is 3.85. The van der Waals surface area contributed by atoms with Crippen LogP contribution < -0.4 is 15.8 Å². The van der Waals surface area contributed by atoms with Gasteiger partial charge >= 0.3 is 0 Å². The molecular weight excluding hydrogens is 252 g/mol. The smallest absolute Gasteiger partial charge is 0.248 e. The number of nitrogens with two attached hydrogens (primary N) is 1. The average Bonchev–Trinajstić information content (AvgIpc) is 2.45. The molecule has 1 fully saturated rings. The van der Waals surface area contributed by atoms with Crippen molar-refractivity contribution in [2.75, 3.05) is 19.7 Å². The molecule has 110 valence electrons. The lowest BCUT2D eigenvalue weighted by atomic mass is 9.96. The van der Waals surface area contributed by atoms with Crippen LogP contribution in [0.25, 0.3) is 0 Å². The monoisotopic (exact) mass is 276 g/mol. The number of carbonyl (C=O) groups is 1. The summed E-state index contributed by atoms with van der Waals surface area (Å²) in [5.41, 5.74) is 6.96. The van der Waals surface area contributed by atoms with E-state index in [0.29, 0.717) is 11.5 Å². The predicted octanol–water partition coefficient (Wildman–Crippen LogP) is 2.29. The molecule has 0 aromatic heterocycles. The first-order chi connectivity index (χ1) is 9.58. The Hall–Kier alpha value is -1.55. The van der Waals surface area contributed by atoms with Gasteiger partial charge in [0.2, 0.25) is 5.91 Å². The van der Waals surface area contributed by atoms with Crippen molar-refractivity contribution >= 4 is 5.91 Å². The molecule has 1 aliphatic heterocycles. The summed E-state index contributed by atoms with van der Waals surface area (Å²) in [5.74, 6) is 1.32. The molecule has 1 amide bonds. The van der Waals surface area contributed by atoms with Crippen molar-refractivity contribution in [3.05, 3.63) is 29.3 Å². The van der Waals surface area contributed by atoms with E-state index in [2.05, 4.69) is 19.2 Å². The number of hydrogen-bond acceptors (Lipinski definition) is 3. The maximum absolute atomic E-state index is 11.4. The van der Waals surface area contributed by atoms with Gasteiger partial charge in [-0.3, -0.25) is 4.79 Å². The van der Waals surface area contributed by atoms with Crippen LogP contribution >= 0.6 is 0 Å². The van der Waals surface area contributed by atoms with Gasteiger partial charge in [0.05, 0.1) is 6.61 Å². The first kappa shape index (κ1) is 14.9. The molecule has 1 aromatic rings. The predicted molar refractivity (Wildman–Crippen MR) is 80.1 cm³/mol. The van der Waals surface area contributed by atoms with Gasteiger partial charge in [0.1, 0.15) is 5.75 Å². The number of piperidine rings is 1. The van der Waals surface area contributed by atoms with E-state index < -0.39 is 0 Å². The van der Waals surface area contributed by atoms with Gasteiger partial charge in [-0.1, -0.05) is 13.8 Å². The van der Waals surface area contributed by atoms with Crippen LogP contribution in [0.1, 0.15) is 48.5 Å². The number of ether oxygens (including phenoxy) is 1. The van der Waals surface area contributed by atoms with Crippen molar-refractivity contribution in [3.8, 4) is 5.75 Å². The Balaban J connectivity index is 2.04. The second kappa shape index (κ2) is 6.75. The molecule has 0 saturated carbocycles. The zero-order valence-corrected chi connectivity index (χ0v) is 12.3. The molecule has 0 radical (unpaired) electrons. The highest BCUT2D eigenvalue weighted by Crippen LogP contribution is 2.25. The maximum Gasteiger partial charge on any atom is 0.248 e. The second-order valence-corrected chi connectivity index (χ2v) is 5.77. The first-order valence-corrected chi connectivity index (χ1v) is 7.35. The summed E-state index contributed by atoms with van der Waals surface area (Å²) in [6.07, 6.45) is 2.33. The minimum absolute atomic E-state index is 0.250. The zero-order valence-electron chi connectivity index (χ0n) is 12.3. The molecule has 4 nitrogen and oxygen atoms in total. The molecule has 4 heteroatoms. The largest absolute Gasteiger partial charge is 0.493 e. The quantitative estimate of drug-likeness (QED) is 0.867. The van der Waals surface area contributed by atoms with Crippen LogP contribution in [0, 0.1) is 5.92 Å². The van der Waals surface area contributed by atoms with E-state index in [4.69, 9.17) is 10.5 Å². The summed E-state index contributed by atoms with van der Waals surface area (Å²) < 4.78 is 5.89. The average molecular weight is 276 g/mol. The van der Waals surface area contributed by atoms with Gasteiger partial charge in [0.25, 0.3) is 0 Å². The molecule has 1 heterocycles. The molecule has 1 saturated heterocycles. The minimum Gasteiger partial charge on any atom is -0.493 e. The Morgan fingerprint density at radius 3 is 2.70 bits per heavy atom. The van der Waals surface area contributed by atoms with E-state index in [1.807, 2.05) is 12.1 Å². The summed E-state index contributed by atoms with van der Waals surface area (Å²) in [4.78, 5) is 11.4.